The zero-order valence-corrected chi connectivity index (χ0v) is 13.4. The SMILES string of the molecule is c1ccc(COC[C@@H]2CN(Cc3ccoc3)Cc3cncn32)nc1. The van der Waals surface area contributed by atoms with E-state index in [2.05, 4.69) is 19.4 Å². The second-order valence-corrected chi connectivity index (χ2v) is 6.08. The molecule has 0 aliphatic carbocycles. The van der Waals surface area contributed by atoms with Crippen molar-refractivity contribution in [2.24, 2.45) is 0 Å². The summed E-state index contributed by atoms with van der Waals surface area (Å²) in [6.45, 7) is 3.86. The monoisotopic (exact) mass is 324 g/mol. The number of furan rings is 1. The molecular formula is C18H20N4O2. The number of pyridine rings is 1. The molecule has 24 heavy (non-hydrogen) atoms. The average molecular weight is 324 g/mol. The van der Waals surface area contributed by atoms with Crippen molar-refractivity contribution in [3.8, 4) is 0 Å². The van der Waals surface area contributed by atoms with Gasteiger partial charge in [0, 0.05) is 37.6 Å². The summed E-state index contributed by atoms with van der Waals surface area (Å²) in [6, 6.07) is 8.14. The molecule has 6 heteroatoms. The second-order valence-electron chi connectivity index (χ2n) is 6.08. The van der Waals surface area contributed by atoms with Crippen LogP contribution in [0.3, 0.4) is 0 Å². The largest absolute Gasteiger partial charge is 0.472 e. The molecule has 0 saturated carbocycles. The van der Waals surface area contributed by atoms with Crippen LogP contribution in [0.5, 0.6) is 0 Å². The minimum absolute atomic E-state index is 0.256. The Balaban J connectivity index is 1.40. The van der Waals surface area contributed by atoms with Crippen molar-refractivity contribution < 1.29 is 9.15 Å². The lowest BCUT2D eigenvalue weighted by Crippen LogP contribution is -2.38. The van der Waals surface area contributed by atoms with Crippen LogP contribution in [0, 0.1) is 0 Å². The van der Waals surface area contributed by atoms with Crippen molar-refractivity contribution in [2.75, 3.05) is 13.2 Å². The Kier molecular flexibility index (Phi) is 4.40. The van der Waals surface area contributed by atoms with Crippen LogP contribution in [0.25, 0.3) is 0 Å². The predicted molar refractivity (Wildman–Crippen MR) is 88.0 cm³/mol. The van der Waals surface area contributed by atoms with Crippen molar-refractivity contribution in [2.45, 2.75) is 25.7 Å². The van der Waals surface area contributed by atoms with E-state index in [0.717, 1.165) is 25.3 Å². The number of hydrogen-bond acceptors (Lipinski definition) is 5. The smallest absolute Gasteiger partial charge is 0.0952 e. The maximum Gasteiger partial charge on any atom is 0.0952 e. The molecule has 0 bridgehead atoms. The number of nitrogens with zero attached hydrogens (tertiary/aromatic N) is 4. The molecule has 0 fully saturated rings. The minimum Gasteiger partial charge on any atom is -0.472 e. The first-order valence-corrected chi connectivity index (χ1v) is 8.10. The highest BCUT2D eigenvalue weighted by molar-refractivity contribution is 5.09. The second kappa shape index (κ2) is 6.98. The molecule has 1 aliphatic rings. The minimum atomic E-state index is 0.256. The summed E-state index contributed by atoms with van der Waals surface area (Å²) >= 11 is 0. The number of fused-ring (bicyclic) bond motifs is 1. The molecule has 0 spiro atoms. The third kappa shape index (κ3) is 3.39. The van der Waals surface area contributed by atoms with Crippen LogP contribution in [0.15, 0.2) is 59.9 Å². The van der Waals surface area contributed by atoms with Gasteiger partial charge in [0.25, 0.3) is 0 Å². The highest BCUT2D eigenvalue weighted by atomic mass is 16.5. The van der Waals surface area contributed by atoms with Crippen molar-refractivity contribution in [3.05, 3.63) is 72.5 Å². The standard InChI is InChI=1S/C18H20N4O2/c1-2-5-20-16(3-1)12-24-13-18-10-21(8-15-4-6-23-11-15)9-17-7-19-14-22(17)18/h1-7,11,14,18H,8-10,12-13H2/t18-/m0/s1. The van der Waals surface area contributed by atoms with Gasteiger partial charge in [-0.25, -0.2) is 4.98 Å². The maximum absolute atomic E-state index is 5.91. The molecule has 1 atom stereocenters. The van der Waals surface area contributed by atoms with E-state index in [-0.39, 0.29) is 6.04 Å². The van der Waals surface area contributed by atoms with Gasteiger partial charge in [-0.3, -0.25) is 9.88 Å². The average Bonchev–Trinajstić information content (AvgIpc) is 3.27. The van der Waals surface area contributed by atoms with Gasteiger partial charge >= 0.3 is 0 Å². The predicted octanol–water partition coefficient (Wildman–Crippen LogP) is 2.64. The summed E-state index contributed by atoms with van der Waals surface area (Å²) in [4.78, 5) is 11.0. The molecule has 0 unspecified atom stereocenters. The Bertz CT molecular complexity index is 754. The fraction of sp³-hybridized carbons (Fsp3) is 0.333. The summed E-state index contributed by atoms with van der Waals surface area (Å²) < 4.78 is 13.3. The van der Waals surface area contributed by atoms with Gasteiger partial charge in [-0.05, 0) is 18.2 Å². The maximum atomic E-state index is 5.91. The summed E-state index contributed by atoms with van der Waals surface area (Å²) in [6.07, 6.45) is 9.15. The van der Waals surface area contributed by atoms with Crippen LogP contribution in [0.1, 0.15) is 23.0 Å². The van der Waals surface area contributed by atoms with Crippen LogP contribution in [-0.4, -0.2) is 32.6 Å². The van der Waals surface area contributed by atoms with Gasteiger partial charge < -0.3 is 13.7 Å². The highest BCUT2D eigenvalue weighted by Gasteiger charge is 2.25. The normalized spacial score (nSPS) is 17.8. The molecule has 0 N–H and O–H groups in total. The summed E-state index contributed by atoms with van der Waals surface area (Å²) in [5.41, 5.74) is 3.36. The molecule has 4 rings (SSSR count). The zero-order valence-electron chi connectivity index (χ0n) is 13.4. The first kappa shape index (κ1) is 15.1. The van der Waals surface area contributed by atoms with Gasteiger partial charge in [0.15, 0.2) is 0 Å². The van der Waals surface area contributed by atoms with Crippen molar-refractivity contribution >= 4 is 0 Å². The third-order valence-corrected chi connectivity index (χ3v) is 4.27. The lowest BCUT2D eigenvalue weighted by atomic mass is 10.1. The van der Waals surface area contributed by atoms with Crippen LogP contribution in [-0.2, 0) is 24.4 Å². The Labute approximate surface area is 140 Å². The van der Waals surface area contributed by atoms with E-state index in [1.807, 2.05) is 36.8 Å². The Morgan fingerprint density at radius 3 is 3.12 bits per heavy atom. The number of aromatic nitrogens is 3. The number of hydrogen-bond donors (Lipinski definition) is 0. The zero-order chi connectivity index (χ0) is 16.2. The summed E-state index contributed by atoms with van der Waals surface area (Å²) in [5.74, 6) is 0. The molecule has 0 saturated heterocycles. The Morgan fingerprint density at radius 2 is 2.29 bits per heavy atom. The Morgan fingerprint density at radius 1 is 1.29 bits per heavy atom. The molecule has 3 aromatic rings. The van der Waals surface area contributed by atoms with Gasteiger partial charge in [-0.2, -0.15) is 0 Å². The molecular weight excluding hydrogens is 304 g/mol. The lowest BCUT2D eigenvalue weighted by molar-refractivity contribution is 0.0573. The molecule has 1 aliphatic heterocycles. The molecule has 124 valence electrons. The van der Waals surface area contributed by atoms with E-state index in [0.29, 0.717) is 13.2 Å². The van der Waals surface area contributed by atoms with E-state index in [1.165, 1.54) is 11.3 Å². The van der Waals surface area contributed by atoms with Gasteiger partial charge in [0.2, 0.25) is 0 Å². The van der Waals surface area contributed by atoms with Crippen LogP contribution in [0.4, 0.5) is 0 Å². The van der Waals surface area contributed by atoms with E-state index in [1.54, 1.807) is 18.7 Å². The van der Waals surface area contributed by atoms with E-state index in [9.17, 15) is 0 Å². The van der Waals surface area contributed by atoms with Crippen LogP contribution < -0.4 is 0 Å². The lowest BCUT2D eigenvalue weighted by Gasteiger charge is -2.34. The molecule has 0 aromatic carbocycles. The first-order valence-electron chi connectivity index (χ1n) is 8.10. The molecule has 3 aromatic heterocycles. The number of imidazole rings is 1. The van der Waals surface area contributed by atoms with Gasteiger partial charge in [-0.15, -0.1) is 0 Å². The number of rotatable bonds is 6. The van der Waals surface area contributed by atoms with Crippen molar-refractivity contribution in [1.29, 1.82) is 0 Å². The van der Waals surface area contributed by atoms with Gasteiger partial charge in [-0.1, -0.05) is 6.07 Å². The molecule has 0 radical (unpaired) electrons. The fourth-order valence-electron chi connectivity index (χ4n) is 3.14. The van der Waals surface area contributed by atoms with E-state index < -0.39 is 0 Å². The topological polar surface area (TPSA) is 56.3 Å². The molecule has 4 heterocycles. The van der Waals surface area contributed by atoms with Crippen LogP contribution >= 0.6 is 0 Å². The number of ether oxygens (including phenoxy) is 1. The van der Waals surface area contributed by atoms with E-state index >= 15 is 0 Å². The molecule has 0 amide bonds. The van der Waals surface area contributed by atoms with E-state index in [4.69, 9.17) is 9.15 Å². The van der Waals surface area contributed by atoms with Gasteiger partial charge in [0.05, 0.1) is 49.5 Å². The van der Waals surface area contributed by atoms with Crippen LogP contribution in [0.2, 0.25) is 0 Å². The quantitative estimate of drug-likeness (QED) is 0.698. The van der Waals surface area contributed by atoms with Crippen molar-refractivity contribution in [1.82, 2.24) is 19.4 Å². The highest BCUT2D eigenvalue weighted by Crippen LogP contribution is 2.23. The summed E-state index contributed by atoms with van der Waals surface area (Å²) in [7, 11) is 0. The Hall–Kier alpha value is -2.44. The molecule has 6 nitrogen and oxygen atoms in total. The summed E-state index contributed by atoms with van der Waals surface area (Å²) in [5, 5.41) is 0. The van der Waals surface area contributed by atoms with Gasteiger partial charge in [0.1, 0.15) is 0 Å². The first-order chi connectivity index (χ1) is 11.9. The van der Waals surface area contributed by atoms with Crippen molar-refractivity contribution in [3.63, 3.8) is 0 Å². The third-order valence-electron chi connectivity index (χ3n) is 4.27. The fourth-order valence-corrected chi connectivity index (χ4v) is 3.14.